The predicted molar refractivity (Wildman–Crippen MR) is 73.2 cm³/mol. The fraction of sp³-hybridized carbons (Fsp3) is 0.0714. The van der Waals surface area contributed by atoms with Crippen LogP contribution >= 0.6 is 11.6 Å². The van der Waals surface area contributed by atoms with E-state index in [1.165, 1.54) is 12.1 Å². The van der Waals surface area contributed by atoms with Gasteiger partial charge >= 0.3 is 0 Å². The Labute approximate surface area is 115 Å². The van der Waals surface area contributed by atoms with E-state index in [-0.39, 0.29) is 23.2 Å². The first-order valence-corrected chi connectivity index (χ1v) is 5.96. The van der Waals surface area contributed by atoms with Crippen LogP contribution in [0.4, 0.5) is 4.39 Å². The van der Waals surface area contributed by atoms with Crippen molar-refractivity contribution in [2.75, 3.05) is 0 Å². The molecule has 0 aliphatic carbocycles. The van der Waals surface area contributed by atoms with E-state index in [1.807, 2.05) is 0 Å². The Bertz CT molecular complexity index is 596. The third-order valence-electron chi connectivity index (χ3n) is 2.54. The normalized spacial score (nSPS) is 10.2. The molecular weight excluding hydrogens is 267 g/mol. The molecule has 0 aliphatic heterocycles. The maximum Gasteiger partial charge on any atom is 0.174 e. The largest absolute Gasteiger partial charge is 0.484 e. The smallest absolute Gasteiger partial charge is 0.174 e. The number of para-hydroxylation sites is 1. The molecule has 2 aromatic carbocycles. The van der Waals surface area contributed by atoms with Gasteiger partial charge in [0.25, 0.3) is 0 Å². The van der Waals surface area contributed by atoms with E-state index in [1.54, 1.807) is 30.3 Å². The zero-order chi connectivity index (χ0) is 13.8. The molecule has 0 atom stereocenters. The van der Waals surface area contributed by atoms with E-state index in [9.17, 15) is 4.39 Å². The van der Waals surface area contributed by atoms with Gasteiger partial charge in [-0.25, -0.2) is 4.39 Å². The molecule has 0 aromatic heterocycles. The van der Waals surface area contributed by atoms with Crippen LogP contribution in [0, 0.1) is 11.2 Å². The molecule has 2 rings (SSSR count). The number of hydrogen-bond donors (Lipinski definition) is 2. The maximum atomic E-state index is 13.5. The van der Waals surface area contributed by atoms with Crippen LogP contribution in [-0.2, 0) is 6.61 Å². The molecule has 3 N–H and O–H groups in total. The SMILES string of the molecule is N=C(N)c1cccc(COc2c(F)cccc2Cl)c1. The number of hydrogen-bond acceptors (Lipinski definition) is 2. The summed E-state index contributed by atoms with van der Waals surface area (Å²) in [7, 11) is 0. The molecule has 0 saturated heterocycles. The Hall–Kier alpha value is -2.07. The second-order valence-corrected chi connectivity index (χ2v) is 4.36. The van der Waals surface area contributed by atoms with E-state index in [0.29, 0.717) is 5.56 Å². The molecule has 0 heterocycles. The average Bonchev–Trinajstić information content (AvgIpc) is 2.38. The Morgan fingerprint density at radius 2 is 2.00 bits per heavy atom. The van der Waals surface area contributed by atoms with Gasteiger partial charge in [0.05, 0.1) is 5.02 Å². The first kappa shape index (κ1) is 13.4. The van der Waals surface area contributed by atoms with Gasteiger partial charge in [0.15, 0.2) is 11.6 Å². The van der Waals surface area contributed by atoms with Gasteiger partial charge in [0.2, 0.25) is 0 Å². The summed E-state index contributed by atoms with van der Waals surface area (Å²) in [5, 5.41) is 7.58. The minimum Gasteiger partial charge on any atom is -0.484 e. The monoisotopic (exact) mass is 278 g/mol. The standard InChI is InChI=1S/C14H12ClFN2O/c15-11-5-2-6-12(16)13(11)19-8-9-3-1-4-10(7-9)14(17)18/h1-7H,8H2,(H3,17,18). The van der Waals surface area contributed by atoms with Crippen LogP contribution in [0.5, 0.6) is 5.75 Å². The van der Waals surface area contributed by atoms with Gasteiger partial charge in [-0.05, 0) is 23.8 Å². The quantitative estimate of drug-likeness (QED) is 0.666. The van der Waals surface area contributed by atoms with Gasteiger partial charge in [-0.2, -0.15) is 0 Å². The number of benzene rings is 2. The van der Waals surface area contributed by atoms with Crippen molar-refractivity contribution in [3.8, 4) is 5.75 Å². The minimum absolute atomic E-state index is 0.0224. The second-order valence-electron chi connectivity index (χ2n) is 3.95. The van der Waals surface area contributed by atoms with Crippen molar-refractivity contribution >= 4 is 17.4 Å². The fourth-order valence-corrected chi connectivity index (χ4v) is 1.82. The molecule has 0 fully saturated rings. The summed E-state index contributed by atoms with van der Waals surface area (Å²) >= 11 is 5.86. The third-order valence-corrected chi connectivity index (χ3v) is 2.84. The number of nitrogens with one attached hydrogen (secondary N) is 1. The van der Waals surface area contributed by atoms with Crippen molar-refractivity contribution in [2.24, 2.45) is 5.73 Å². The molecule has 0 radical (unpaired) electrons. The molecule has 98 valence electrons. The van der Waals surface area contributed by atoms with Gasteiger partial charge in [0.1, 0.15) is 12.4 Å². The van der Waals surface area contributed by atoms with Gasteiger partial charge in [0, 0.05) is 5.56 Å². The number of halogens is 2. The van der Waals surface area contributed by atoms with Crippen molar-refractivity contribution in [3.05, 3.63) is 64.4 Å². The van der Waals surface area contributed by atoms with E-state index >= 15 is 0 Å². The van der Waals surface area contributed by atoms with Gasteiger partial charge in [-0.3, -0.25) is 5.41 Å². The van der Waals surface area contributed by atoms with Crippen LogP contribution < -0.4 is 10.5 Å². The van der Waals surface area contributed by atoms with Crippen molar-refractivity contribution < 1.29 is 9.13 Å². The molecule has 0 amide bonds. The highest BCUT2D eigenvalue weighted by atomic mass is 35.5. The number of ether oxygens (including phenoxy) is 1. The summed E-state index contributed by atoms with van der Waals surface area (Å²) in [6, 6.07) is 11.4. The number of amidine groups is 1. The molecular formula is C14H12ClFN2O. The van der Waals surface area contributed by atoms with E-state index in [4.69, 9.17) is 27.5 Å². The number of nitrogen functional groups attached to an aromatic ring is 1. The van der Waals surface area contributed by atoms with Crippen molar-refractivity contribution in [3.63, 3.8) is 0 Å². The first-order chi connectivity index (χ1) is 9.08. The zero-order valence-corrected chi connectivity index (χ0v) is 10.7. The fourth-order valence-electron chi connectivity index (χ4n) is 1.60. The van der Waals surface area contributed by atoms with Crippen LogP contribution in [0.1, 0.15) is 11.1 Å². The second kappa shape index (κ2) is 5.71. The number of nitrogens with two attached hydrogens (primary N) is 1. The van der Waals surface area contributed by atoms with Crippen LogP contribution in [0.25, 0.3) is 0 Å². The Morgan fingerprint density at radius 1 is 1.26 bits per heavy atom. The van der Waals surface area contributed by atoms with Gasteiger partial charge in [-0.1, -0.05) is 35.9 Å². The lowest BCUT2D eigenvalue weighted by atomic mass is 10.1. The van der Waals surface area contributed by atoms with Crippen LogP contribution in [-0.4, -0.2) is 5.84 Å². The highest BCUT2D eigenvalue weighted by Gasteiger charge is 2.08. The van der Waals surface area contributed by atoms with Gasteiger partial charge in [-0.15, -0.1) is 0 Å². The first-order valence-electron chi connectivity index (χ1n) is 5.58. The molecule has 5 heteroatoms. The molecule has 0 spiro atoms. The van der Waals surface area contributed by atoms with Crippen molar-refractivity contribution in [2.45, 2.75) is 6.61 Å². The summed E-state index contributed by atoms with van der Waals surface area (Å²) in [5.74, 6) is -0.501. The van der Waals surface area contributed by atoms with E-state index in [0.717, 1.165) is 5.56 Å². The molecule has 3 nitrogen and oxygen atoms in total. The van der Waals surface area contributed by atoms with Gasteiger partial charge < -0.3 is 10.5 Å². The van der Waals surface area contributed by atoms with E-state index < -0.39 is 5.82 Å². The van der Waals surface area contributed by atoms with Crippen LogP contribution in [0.3, 0.4) is 0 Å². The molecule has 0 bridgehead atoms. The Kier molecular flexibility index (Phi) is 4.02. The average molecular weight is 279 g/mol. The minimum atomic E-state index is -0.504. The summed E-state index contributed by atoms with van der Waals surface area (Å²) in [5.41, 5.74) is 6.78. The Balaban J connectivity index is 2.15. The Morgan fingerprint density at radius 3 is 2.68 bits per heavy atom. The predicted octanol–water partition coefficient (Wildman–Crippen LogP) is 3.34. The molecule has 2 aromatic rings. The lowest BCUT2D eigenvalue weighted by Gasteiger charge is -2.09. The molecule has 0 saturated carbocycles. The van der Waals surface area contributed by atoms with Crippen LogP contribution in [0.15, 0.2) is 42.5 Å². The highest BCUT2D eigenvalue weighted by molar-refractivity contribution is 6.32. The number of rotatable bonds is 4. The topological polar surface area (TPSA) is 59.1 Å². The maximum absolute atomic E-state index is 13.5. The summed E-state index contributed by atoms with van der Waals surface area (Å²) in [4.78, 5) is 0. The molecule has 0 unspecified atom stereocenters. The van der Waals surface area contributed by atoms with Crippen molar-refractivity contribution in [1.82, 2.24) is 0 Å². The van der Waals surface area contributed by atoms with Crippen molar-refractivity contribution in [1.29, 1.82) is 5.41 Å². The van der Waals surface area contributed by atoms with Crippen LogP contribution in [0.2, 0.25) is 5.02 Å². The molecule has 19 heavy (non-hydrogen) atoms. The summed E-state index contributed by atoms with van der Waals surface area (Å²) < 4.78 is 18.9. The summed E-state index contributed by atoms with van der Waals surface area (Å²) in [6.07, 6.45) is 0. The summed E-state index contributed by atoms with van der Waals surface area (Å²) in [6.45, 7) is 0.155. The lowest BCUT2D eigenvalue weighted by Crippen LogP contribution is -2.11. The lowest BCUT2D eigenvalue weighted by molar-refractivity contribution is 0.290. The highest BCUT2D eigenvalue weighted by Crippen LogP contribution is 2.28. The zero-order valence-electron chi connectivity index (χ0n) is 9.99. The third kappa shape index (κ3) is 3.23. The van der Waals surface area contributed by atoms with E-state index in [2.05, 4.69) is 0 Å². The molecule has 0 aliphatic rings.